The van der Waals surface area contributed by atoms with E-state index in [0.29, 0.717) is 0 Å². The maximum atomic E-state index is 12.5. The molecule has 0 heterocycles. The summed E-state index contributed by atoms with van der Waals surface area (Å²) >= 11 is 0. The Morgan fingerprint density at radius 2 is 1.89 bits per heavy atom. The Bertz CT molecular complexity index is 462. The van der Waals surface area contributed by atoms with E-state index in [0.717, 1.165) is 18.2 Å². The molecule has 1 unspecified atom stereocenters. The molecule has 0 aliphatic heterocycles. The Morgan fingerprint density at radius 1 is 1.33 bits per heavy atom. The molecule has 100 valence electrons. The average molecular weight is 260 g/mol. The fraction of sp³-hybridized carbons (Fsp3) is 0.462. The molecule has 0 fully saturated rings. The van der Waals surface area contributed by atoms with Gasteiger partial charge in [0.25, 0.3) is 0 Å². The van der Waals surface area contributed by atoms with Crippen molar-refractivity contribution in [2.24, 2.45) is 0 Å². The van der Waals surface area contributed by atoms with Gasteiger partial charge in [-0.1, -0.05) is 13.0 Å². The highest BCUT2D eigenvalue weighted by Crippen LogP contribution is 2.31. The third-order valence-corrected chi connectivity index (χ3v) is 2.98. The summed E-state index contributed by atoms with van der Waals surface area (Å²) in [6, 6.07) is 2.88. The maximum Gasteiger partial charge on any atom is 0.416 e. The Morgan fingerprint density at radius 3 is 2.28 bits per heavy atom. The lowest BCUT2D eigenvalue weighted by Crippen LogP contribution is -2.34. The van der Waals surface area contributed by atoms with Gasteiger partial charge in [-0.25, -0.2) is 0 Å². The van der Waals surface area contributed by atoms with Crippen LogP contribution in [0.1, 0.15) is 41.8 Å². The summed E-state index contributed by atoms with van der Waals surface area (Å²) in [7, 11) is 0. The zero-order chi connectivity index (χ0) is 14.1. The maximum absolute atomic E-state index is 12.5. The molecule has 0 saturated heterocycles. The molecule has 18 heavy (non-hydrogen) atoms. The van der Waals surface area contributed by atoms with Crippen LogP contribution in [-0.4, -0.2) is 16.5 Å². The molecule has 0 aliphatic rings. The van der Waals surface area contributed by atoms with E-state index in [1.165, 1.54) is 13.8 Å². The van der Waals surface area contributed by atoms with Gasteiger partial charge < -0.3 is 5.11 Å². The summed E-state index contributed by atoms with van der Waals surface area (Å²) in [5.41, 5.74) is -2.02. The van der Waals surface area contributed by atoms with Gasteiger partial charge in [-0.15, -0.1) is 0 Å². The molecule has 0 radical (unpaired) electrons. The summed E-state index contributed by atoms with van der Waals surface area (Å²) in [4.78, 5) is 11.9. The van der Waals surface area contributed by atoms with Crippen molar-refractivity contribution in [3.63, 3.8) is 0 Å². The van der Waals surface area contributed by atoms with Crippen LogP contribution in [0.25, 0.3) is 0 Å². The molecule has 0 amide bonds. The fourth-order valence-electron chi connectivity index (χ4n) is 1.55. The fourth-order valence-corrected chi connectivity index (χ4v) is 1.55. The van der Waals surface area contributed by atoms with Gasteiger partial charge in [0.15, 0.2) is 5.78 Å². The van der Waals surface area contributed by atoms with Gasteiger partial charge in [0.05, 0.1) is 5.56 Å². The number of aryl methyl sites for hydroxylation is 1. The van der Waals surface area contributed by atoms with Crippen LogP contribution in [0.3, 0.4) is 0 Å². The minimum absolute atomic E-state index is 0.120. The van der Waals surface area contributed by atoms with Crippen LogP contribution in [0.4, 0.5) is 13.2 Å². The van der Waals surface area contributed by atoms with Crippen molar-refractivity contribution in [1.29, 1.82) is 0 Å². The molecule has 2 nitrogen and oxygen atoms in total. The van der Waals surface area contributed by atoms with Gasteiger partial charge >= 0.3 is 6.18 Å². The second kappa shape index (κ2) is 4.72. The summed E-state index contributed by atoms with van der Waals surface area (Å²) in [6.07, 6.45) is -4.23. The van der Waals surface area contributed by atoms with Gasteiger partial charge in [-0.05, 0) is 38.0 Å². The molecule has 1 aromatic rings. The highest BCUT2D eigenvalue weighted by atomic mass is 19.4. The van der Waals surface area contributed by atoms with E-state index in [4.69, 9.17) is 0 Å². The number of aliphatic hydroxyl groups is 1. The highest BCUT2D eigenvalue weighted by molar-refractivity contribution is 6.03. The first-order chi connectivity index (χ1) is 8.09. The number of hydrogen-bond acceptors (Lipinski definition) is 2. The van der Waals surface area contributed by atoms with E-state index in [1.807, 2.05) is 0 Å². The Hall–Kier alpha value is -1.36. The number of carbonyl (C=O) groups excluding carboxylic acids is 1. The third kappa shape index (κ3) is 2.90. The minimum Gasteiger partial charge on any atom is -0.382 e. The third-order valence-electron chi connectivity index (χ3n) is 2.98. The largest absolute Gasteiger partial charge is 0.416 e. The molecule has 0 bridgehead atoms. The van der Waals surface area contributed by atoms with Crippen molar-refractivity contribution >= 4 is 5.78 Å². The molecule has 1 atom stereocenters. The highest BCUT2D eigenvalue weighted by Gasteiger charge is 2.33. The number of carbonyl (C=O) groups is 1. The topological polar surface area (TPSA) is 37.3 Å². The van der Waals surface area contributed by atoms with Crippen molar-refractivity contribution in [2.75, 3.05) is 0 Å². The quantitative estimate of drug-likeness (QED) is 0.846. The average Bonchev–Trinajstić information content (AvgIpc) is 2.26. The molecular formula is C13H15F3O2. The second-order valence-corrected chi connectivity index (χ2v) is 4.48. The van der Waals surface area contributed by atoms with E-state index in [2.05, 4.69) is 0 Å². The van der Waals surface area contributed by atoms with Gasteiger partial charge in [0, 0.05) is 5.56 Å². The zero-order valence-corrected chi connectivity index (χ0v) is 10.4. The van der Waals surface area contributed by atoms with Crippen molar-refractivity contribution in [1.82, 2.24) is 0 Å². The number of ketones is 1. The van der Waals surface area contributed by atoms with E-state index in [1.54, 1.807) is 6.92 Å². The lowest BCUT2D eigenvalue weighted by Gasteiger charge is -2.21. The zero-order valence-electron chi connectivity index (χ0n) is 10.4. The van der Waals surface area contributed by atoms with Crippen LogP contribution in [0.5, 0.6) is 0 Å². The number of rotatable bonds is 3. The Kier molecular flexibility index (Phi) is 3.86. The Balaban J connectivity index is 3.19. The summed E-state index contributed by atoms with van der Waals surface area (Å²) < 4.78 is 37.4. The minimum atomic E-state index is -4.43. The number of Topliss-reactive ketones (excluding diaryl/α,β-unsaturated/α-hetero) is 1. The first-order valence-corrected chi connectivity index (χ1v) is 5.54. The standard InChI is InChI=1S/C13H15F3O2/c1-4-12(3,18)11(17)10-6-5-9(7-8(10)2)13(14,15)16/h5-7,18H,4H2,1-3H3. The number of hydrogen-bond donors (Lipinski definition) is 1. The van der Waals surface area contributed by atoms with Crippen LogP contribution in [0.2, 0.25) is 0 Å². The summed E-state index contributed by atoms with van der Waals surface area (Å²) in [6.45, 7) is 4.41. The SMILES string of the molecule is CCC(C)(O)C(=O)c1ccc(C(F)(F)F)cc1C. The lowest BCUT2D eigenvalue weighted by atomic mass is 9.89. The predicted octanol–water partition coefficient (Wildman–Crippen LogP) is 3.36. The van der Waals surface area contributed by atoms with Gasteiger partial charge in [0.1, 0.15) is 5.60 Å². The molecule has 0 spiro atoms. The second-order valence-electron chi connectivity index (χ2n) is 4.48. The van der Waals surface area contributed by atoms with Crippen LogP contribution in [-0.2, 0) is 6.18 Å². The normalized spacial score (nSPS) is 15.3. The van der Waals surface area contributed by atoms with Crippen molar-refractivity contribution < 1.29 is 23.1 Å². The predicted molar refractivity (Wildman–Crippen MR) is 61.4 cm³/mol. The van der Waals surface area contributed by atoms with Crippen molar-refractivity contribution in [2.45, 2.75) is 39.0 Å². The van der Waals surface area contributed by atoms with Gasteiger partial charge in [0.2, 0.25) is 0 Å². The molecule has 0 aliphatic carbocycles. The van der Waals surface area contributed by atoms with Crippen LogP contribution < -0.4 is 0 Å². The Labute approximate surface area is 103 Å². The molecule has 5 heteroatoms. The van der Waals surface area contributed by atoms with Crippen LogP contribution >= 0.6 is 0 Å². The first-order valence-electron chi connectivity index (χ1n) is 5.54. The number of alkyl halides is 3. The van der Waals surface area contributed by atoms with Crippen molar-refractivity contribution in [3.05, 3.63) is 34.9 Å². The van der Waals surface area contributed by atoms with E-state index >= 15 is 0 Å². The first kappa shape index (κ1) is 14.7. The van der Waals surface area contributed by atoms with E-state index in [9.17, 15) is 23.1 Å². The number of benzene rings is 1. The molecular weight excluding hydrogens is 245 g/mol. The van der Waals surface area contributed by atoms with E-state index < -0.39 is 23.1 Å². The van der Waals surface area contributed by atoms with Crippen LogP contribution in [0.15, 0.2) is 18.2 Å². The van der Waals surface area contributed by atoms with E-state index in [-0.39, 0.29) is 17.5 Å². The molecule has 0 saturated carbocycles. The monoisotopic (exact) mass is 260 g/mol. The molecule has 1 rings (SSSR count). The van der Waals surface area contributed by atoms with Crippen molar-refractivity contribution in [3.8, 4) is 0 Å². The molecule has 1 aromatic carbocycles. The molecule has 1 N–H and O–H groups in total. The lowest BCUT2D eigenvalue weighted by molar-refractivity contribution is -0.137. The van der Waals surface area contributed by atoms with Gasteiger partial charge in [-0.3, -0.25) is 4.79 Å². The van der Waals surface area contributed by atoms with Gasteiger partial charge in [-0.2, -0.15) is 13.2 Å². The summed E-state index contributed by atoms with van der Waals surface area (Å²) in [5.74, 6) is -0.559. The molecule has 0 aromatic heterocycles. The van der Waals surface area contributed by atoms with Crippen LogP contribution in [0, 0.1) is 6.92 Å². The summed E-state index contributed by atoms with van der Waals surface area (Å²) in [5, 5.41) is 9.83. The smallest absolute Gasteiger partial charge is 0.382 e. The number of halogens is 3.